The van der Waals surface area contributed by atoms with Gasteiger partial charge >= 0.3 is 0 Å². The fourth-order valence-corrected chi connectivity index (χ4v) is 4.95. The van der Waals surface area contributed by atoms with Crippen LogP contribution in [-0.4, -0.2) is 69.9 Å². The fourth-order valence-electron chi connectivity index (χ4n) is 4.69. The first-order valence-corrected chi connectivity index (χ1v) is 12.6. The molecule has 1 unspecified atom stereocenters. The minimum absolute atomic E-state index is 0.00686. The lowest BCUT2D eigenvalue weighted by Crippen LogP contribution is -2.34. The first kappa shape index (κ1) is 25.9. The Morgan fingerprint density at radius 2 is 1.92 bits per heavy atom. The van der Waals surface area contributed by atoms with Gasteiger partial charge in [0.15, 0.2) is 0 Å². The number of pyridine rings is 1. The molecule has 1 N–H and O–H groups in total. The maximum atomic E-state index is 13.2. The number of likely N-dealkylation sites (N-methyl/N-ethyl adjacent to an activating group) is 1. The fraction of sp³-hybridized carbons (Fsp3) is 0.407. The van der Waals surface area contributed by atoms with Crippen LogP contribution in [0.5, 0.6) is 0 Å². The Bertz CT molecular complexity index is 1280. The number of nitrogens with zero attached hydrogens (tertiary/aromatic N) is 5. The number of carbonyl (C=O) groups excluding carboxylic acids is 2. The van der Waals surface area contributed by atoms with E-state index in [1.165, 1.54) is 0 Å². The number of imidazole rings is 1. The summed E-state index contributed by atoms with van der Waals surface area (Å²) >= 11 is 6.65. The van der Waals surface area contributed by atoms with Crippen LogP contribution in [-0.2, 0) is 4.79 Å². The van der Waals surface area contributed by atoms with Crippen LogP contribution < -0.4 is 5.32 Å². The summed E-state index contributed by atoms with van der Waals surface area (Å²) in [7, 11) is 3.93. The zero-order valence-electron chi connectivity index (χ0n) is 21.3. The van der Waals surface area contributed by atoms with Crippen molar-refractivity contribution in [2.75, 3.05) is 39.0 Å². The van der Waals surface area contributed by atoms with Gasteiger partial charge in [0.05, 0.1) is 22.1 Å². The summed E-state index contributed by atoms with van der Waals surface area (Å²) in [5.41, 5.74) is 3.54. The Hall–Kier alpha value is -3.23. The second-order valence-corrected chi connectivity index (χ2v) is 10.0. The SMILES string of the molecule is Cc1cc(C(=O)Nc2nc3cccc(Cl)c3n2C2CCCCN(C(=O)/C=C/CN(C)C)C2)cc(C)n1. The number of hydrogen-bond donors (Lipinski definition) is 1. The van der Waals surface area contributed by atoms with Crippen molar-refractivity contribution in [2.24, 2.45) is 0 Å². The predicted octanol–water partition coefficient (Wildman–Crippen LogP) is 4.63. The lowest BCUT2D eigenvalue weighted by molar-refractivity contribution is -0.126. The number of anilines is 1. The summed E-state index contributed by atoms with van der Waals surface area (Å²) in [5.74, 6) is 0.162. The van der Waals surface area contributed by atoms with Crippen LogP contribution >= 0.6 is 11.6 Å². The number of hydrogen-bond acceptors (Lipinski definition) is 5. The van der Waals surface area contributed by atoms with E-state index in [0.29, 0.717) is 41.7 Å². The van der Waals surface area contributed by atoms with Crippen molar-refractivity contribution in [3.8, 4) is 0 Å². The average Bonchev–Trinajstić information content (AvgIpc) is 3.00. The largest absolute Gasteiger partial charge is 0.337 e. The topological polar surface area (TPSA) is 83.4 Å². The summed E-state index contributed by atoms with van der Waals surface area (Å²) in [6.07, 6.45) is 6.25. The summed E-state index contributed by atoms with van der Waals surface area (Å²) < 4.78 is 2.01. The number of aryl methyl sites for hydroxylation is 2. The first-order chi connectivity index (χ1) is 17.2. The van der Waals surface area contributed by atoms with Gasteiger partial charge in [-0.05, 0) is 71.5 Å². The molecule has 1 aliphatic rings. The van der Waals surface area contributed by atoms with Crippen LogP contribution in [0.4, 0.5) is 5.95 Å². The molecule has 1 saturated heterocycles. The number of likely N-dealkylation sites (tertiary alicyclic amines) is 1. The van der Waals surface area contributed by atoms with Crippen molar-refractivity contribution in [3.05, 3.63) is 64.5 Å². The van der Waals surface area contributed by atoms with Crippen molar-refractivity contribution in [1.82, 2.24) is 24.3 Å². The van der Waals surface area contributed by atoms with Gasteiger partial charge < -0.3 is 14.4 Å². The molecule has 3 heterocycles. The zero-order chi connectivity index (χ0) is 25.8. The number of nitrogens with one attached hydrogen (secondary N) is 1. The van der Waals surface area contributed by atoms with Gasteiger partial charge in [-0.3, -0.25) is 19.9 Å². The lowest BCUT2D eigenvalue weighted by atomic mass is 10.1. The van der Waals surface area contributed by atoms with Crippen LogP contribution in [0, 0.1) is 13.8 Å². The van der Waals surface area contributed by atoms with Crippen molar-refractivity contribution in [2.45, 2.75) is 39.2 Å². The second kappa shape index (κ2) is 11.2. The number of amides is 2. The standard InChI is InChI=1S/C27H33ClN6O2/c1-18-15-20(16-19(2)29-18)26(36)31-27-30-23-11-7-10-22(28)25(23)34(27)21-9-5-6-14-33(17-21)24(35)12-8-13-32(3)4/h7-8,10-12,15-16,21H,5-6,9,13-14,17H2,1-4H3,(H,30,31,36)/b12-8+. The Morgan fingerprint density at radius 1 is 1.17 bits per heavy atom. The molecule has 0 radical (unpaired) electrons. The number of benzene rings is 1. The third-order valence-corrected chi connectivity index (χ3v) is 6.59. The quantitative estimate of drug-likeness (QED) is 0.491. The van der Waals surface area contributed by atoms with Gasteiger partial charge in [-0.2, -0.15) is 0 Å². The zero-order valence-corrected chi connectivity index (χ0v) is 22.0. The van der Waals surface area contributed by atoms with Crippen molar-refractivity contribution in [1.29, 1.82) is 0 Å². The van der Waals surface area contributed by atoms with Gasteiger partial charge in [0.2, 0.25) is 11.9 Å². The predicted molar refractivity (Wildman–Crippen MR) is 144 cm³/mol. The summed E-state index contributed by atoms with van der Waals surface area (Å²) in [4.78, 5) is 39.2. The van der Waals surface area contributed by atoms with Crippen molar-refractivity contribution < 1.29 is 9.59 Å². The Morgan fingerprint density at radius 3 is 2.64 bits per heavy atom. The highest BCUT2D eigenvalue weighted by Crippen LogP contribution is 2.34. The molecule has 3 aromatic rings. The molecule has 2 aromatic heterocycles. The van der Waals surface area contributed by atoms with Crippen molar-refractivity contribution in [3.63, 3.8) is 0 Å². The van der Waals surface area contributed by atoms with Gasteiger partial charge in [-0.15, -0.1) is 0 Å². The molecule has 2 amide bonds. The molecule has 36 heavy (non-hydrogen) atoms. The molecule has 0 bridgehead atoms. The molecule has 1 atom stereocenters. The van der Waals surface area contributed by atoms with Gasteiger partial charge in [0.25, 0.3) is 5.91 Å². The second-order valence-electron chi connectivity index (χ2n) is 9.60. The monoisotopic (exact) mass is 508 g/mol. The van der Waals surface area contributed by atoms with E-state index in [9.17, 15) is 9.59 Å². The summed E-state index contributed by atoms with van der Waals surface area (Å²) in [5, 5.41) is 3.57. The molecule has 9 heteroatoms. The highest BCUT2D eigenvalue weighted by molar-refractivity contribution is 6.35. The minimum atomic E-state index is -0.260. The van der Waals surface area contributed by atoms with Crippen LogP contribution in [0.3, 0.4) is 0 Å². The molecule has 1 fully saturated rings. The van der Waals surface area contributed by atoms with Crippen LogP contribution in [0.1, 0.15) is 47.1 Å². The van der Waals surface area contributed by atoms with E-state index in [2.05, 4.69) is 10.3 Å². The number of fused-ring (bicyclic) bond motifs is 1. The molecular weight excluding hydrogens is 476 g/mol. The van der Waals surface area contributed by atoms with Gasteiger partial charge in [-0.1, -0.05) is 23.7 Å². The molecule has 0 aliphatic carbocycles. The van der Waals surface area contributed by atoms with E-state index in [1.807, 2.05) is 66.6 Å². The van der Waals surface area contributed by atoms with E-state index < -0.39 is 0 Å². The molecule has 4 rings (SSSR count). The van der Waals surface area contributed by atoms with E-state index >= 15 is 0 Å². The van der Waals surface area contributed by atoms with E-state index in [0.717, 1.165) is 36.2 Å². The number of rotatable bonds is 6. The van der Waals surface area contributed by atoms with Crippen molar-refractivity contribution >= 4 is 40.4 Å². The van der Waals surface area contributed by atoms with Gasteiger partial charge in [0, 0.05) is 42.7 Å². The smallest absolute Gasteiger partial charge is 0.258 e. The molecule has 1 aromatic carbocycles. The highest BCUT2D eigenvalue weighted by Gasteiger charge is 2.27. The molecular formula is C27H33ClN6O2. The minimum Gasteiger partial charge on any atom is -0.337 e. The van der Waals surface area contributed by atoms with E-state index in [1.54, 1.807) is 18.2 Å². The molecule has 0 spiro atoms. The van der Waals surface area contributed by atoms with Crippen LogP contribution in [0.2, 0.25) is 5.02 Å². The van der Waals surface area contributed by atoms with Crippen LogP contribution in [0.15, 0.2) is 42.5 Å². The van der Waals surface area contributed by atoms with Gasteiger partial charge in [0.1, 0.15) is 0 Å². The molecule has 190 valence electrons. The van der Waals surface area contributed by atoms with Crippen LogP contribution in [0.25, 0.3) is 11.0 Å². The van der Waals surface area contributed by atoms with E-state index in [4.69, 9.17) is 16.6 Å². The summed E-state index contributed by atoms with van der Waals surface area (Å²) in [6, 6.07) is 8.99. The maximum Gasteiger partial charge on any atom is 0.258 e. The Balaban J connectivity index is 1.68. The first-order valence-electron chi connectivity index (χ1n) is 12.3. The Kier molecular flexibility index (Phi) is 8.06. The molecule has 0 saturated carbocycles. The number of para-hydroxylation sites is 1. The third kappa shape index (κ3) is 5.94. The normalized spacial score (nSPS) is 16.6. The molecule has 1 aliphatic heterocycles. The lowest BCUT2D eigenvalue weighted by Gasteiger charge is -2.26. The third-order valence-electron chi connectivity index (χ3n) is 6.28. The summed E-state index contributed by atoms with van der Waals surface area (Å²) in [6.45, 7) is 5.64. The number of carbonyl (C=O) groups is 2. The average molecular weight is 509 g/mol. The van der Waals surface area contributed by atoms with Gasteiger partial charge in [-0.25, -0.2) is 4.98 Å². The number of halogens is 1. The Labute approximate surface area is 217 Å². The van der Waals surface area contributed by atoms with E-state index in [-0.39, 0.29) is 17.9 Å². The molecule has 8 nitrogen and oxygen atoms in total. The maximum absolute atomic E-state index is 13.2. The highest BCUT2D eigenvalue weighted by atomic mass is 35.5. The number of aromatic nitrogens is 3.